The molecule has 108 valence electrons. The predicted molar refractivity (Wildman–Crippen MR) is 81.9 cm³/mol. The Balaban J connectivity index is 1.65. The predicted octanol–water partition coefficient (Wildman–Crippen LogP) is 1.85. The number of anilines is 1. The highest BCUT2D eigenvalue weighted by atomic mass is 79.9. The summed E-state index contributed by atoms with van der Waals surface area (Å²) in [6.45, 7) is 2.08. The van der Waals surface area contributed by atoms with Crippen LogP contribution >= 0.6 is 15.9 Å². The van der Waals surface area contributed by atoms with Gasteiger partial charge in [-0.2, -0.15) is 0 Å². The van der Waals surface area contributed by atoms with E-state index in [0.717, 1.165) is 30.0 Å². The number of nitrogens with zero attached hydrogens (tertiary/aromatic N) is 2. The first kappa shape index (κ1) is 13.8. The van der Waals surface area contributed by atoms with Crippen LogP contribution in [-0.4, -0.2) is 48.0 Å². The Morgan fingerprint density at radius 2 is 2.25 bits per heavy atom. The second-order valence-electron chi connectivity index (χ2n) is 5.48. The standard InChI is InChI=1S/C14H19BrN4O/c1-16-13-12(6-9(15)7-17-13)14(20)18-10-4-5-19(8-10)11-2-3-11/h6-7,10-11H,2-5,8H2,1H3,(H,16,17)(H,18,20). The number of rotatable bonds is 4. The van der Waals surface area contributed by atoms with Crippen molar-refractivity contribution in [2.75, 3.05) is 25.5 Å². The molecule has 0 bridgehead atoms. The fourth-order valence-corrected chi connectivity index (χ4v) is 3.08. The summed E-state index contributed by atoms with van der Waals surface area (Å²) in [6.07, 6.45) is 5.37. The highest BCUT2D eigenvalue weighted by Crippen LogP contribution is 2.30. The van der Waals surface area contributed by atoms with Gasteiger partial charge in [-0.1, -0.05) is 0 Å². The van der Waals surface area contributed by atoms with E-state index in [2.05, 4.69) is 36.4 Å². The fourth-order valence-electron chi connectivity index (χ4n) is 2.75. The van der Waals surface area contributed by atoms with Crippen LogP contribution in [0.5, 0.6) is 0 Å². The smallest absolute Gasteiger partial charge is 0.255 e. The summed E-state index contributed by atoms with van der Waals surface area (Å²) in [6, 6.07) is 2.84. The quantitative estimate of drug-likeness (QED) is 0.879. The highest BCUT2D eigenvalue weighted by Gasteiger charge is 2.35. The molecule has 0 radical (unpaired) electrons. The van der Waals surface area contributed by atoms with Crippen molar-refractivity contribution in [3.63, 3.8) is 0 Å². The molecule has 2 N–H and O–H groups in total. The third kappa shape index (κ3) is 2.96. The lowest BCUT2D eigenvalue weighted by atomic mass is 10.2. The molecule has 2 fully saturated rings. The maximum atomic E-state index is 12.4. The van der Waals surface area contributed by atoms with Gasteiger partial charge in [-0.15, -0.1) is 0 Å². The molecule has 3 rings (SSSR count). The lowest BCUT2D eigenvalue weighted by Gasteiger charge is -2.16. The molecule has 5 nitrogen and oxygen atoms in total. The lowest BCUT2D eigenvalue weighted by molar-refractivity contribution is 0.0938. The third-order valence-corrected chi connectivity index (χ3v) is 4.39. The molecule has 1 aromatic rings. The van der Waals surface area contributed by atoms with Gasteiger partial charge in [-0.25, -0.2) is 4.98 Å². The maximum Gasteiger partial charge on any atom is 0.255 e. The summed E-state index contributed by atoms with van der Waals surface area (Å²) in [5.41, 5.74) is 0.590. The van der Waals surface area contributed by atoms with E-state index in [9.17, 15) is 4.79 Å². The van der Waals surface area contributed by atoms with Gasteiger partial charge in [0.05, 0.1) is 5.56 Å². The topological polar surface area (TPSA) is 57.3 Å². The zero-order valence-electron chi connectivity index (χ0n) is 11.5. The van der Waals surface area contributed by atoms with Gasteiger partial charge in [0.25, 0.3) is 5.91 Å². The molecule has 1 unspecified atom stereocenters. The van der Waals surface area contributed by atoms with Crippen LogP contribution < -0.4 is 10.6 Å². The van der Waals surface area contributed by atoms with Crippen LogP contribution in [0.15, 0.2) is 16.7 Å². The molecule has 20 heavy (non-hydrogen) atoms. The third-order valence-electron chi connectivity index (χ3n) is 3.95. The maximum absolute atomic E-state index is 12.4. The number of carbonyl (C=O) groups excluding carboxylic acids is 1. The van der Waals surface area contributed by atoms with Gasteiger partial charge in [0, 0.05) is 42.9 Å². The summed E-state index contributed by atoms with van der Waals surface area (Å²) >= 11 is 3.36. The second kappa shape index (κ2) is 5.69. The average Bonchev–Trinajstić information content (AvgIpc) is 3.19. The molecule has 1 aromatic heterocycles. The van der Waals surface area contributed by atoms with E-state index in [1.165, 1.54) is 12.8 Å². The molecular formula is C14H19BrN4O. The van der Waals surface area contributed by atoms with Crippen molar-refractivity contribution in [1.29, 1.82) is 0 Å². The molecule has 1 aliphatic carbocycles. The van der Waals surface area contributed by atoms with Crippen molar-refractivity contribution in [2.24, 2.45) is 0 Å². The van der Waals surface area contributed by atoms with Gasteiger partial charge in [0.15, 0.2) is 0 Å². The Kier molecular flexibility index (Phi) is 3.94. The minimum Gasteiger partial charge on any atom is -0.372 e. The van der Waals surface area contributed by atoms with E-state index in [-0.39, 0.29) is 11.9 Å². The molecule has 0 spiro atoms. The van der Waals surface area contributed by atoms with E-state index in [4.69, 9.17) is 0 Å². The number of hydrogen-bond donors (Lipinski definition) is 2. The van der Waals surface area contributed by atoms with Gasteiger partial charge < -0.3 is 10.6 Å². The number of nitrogens with one attached hydrogen (secondary N) is 2. The van der Waals surface area contributed by atoms with E-state index < -0.39 is 0 Å². The number of aromatic nitrogens is 1. The Bertz CT molecular complexity index is 518. The first-order valence-corrected chi connectivity index (χ1v) is 7.85. The van der Waals surface area contributed by atoms with Gasteiger partial charge >= 0.3 is 0 Å². The normalized spacial score (nSPS) is 22.8. The van der Waals surface area contributed by atoms with Crippen LogP contribution in [0.2, 0.25) is 0 Å². The summed E-state index contributed by atoms with van der Waals surface area (Å²) in [7, 11) is 1.78. The summed E-state index contributed by atoms with van der Waals surface area (Å²) in [5, 5.41) is 6.09. The van der Waals surface area contributed by atoms with Crippen molar-refractivity contribution in [3.8, 4) is 0 Å². The second-order valence-corrected chi connectivity index (χ2v) is 6.40. The average molecular weight is 339 g/mol. The van der Waals surface area contributed by atoms with E-state index in [1.54, 1.807) is 13.2 Å². The van der Waals surface area contributed by atoms with Crippen LogP contribution in [0.1, 0.15) is 29.6 Å². The van der Waals surface area contributed by atoms with Crippen molar-refractivity contribution in [3.05, 3.63) is 22.3 Å². The van der Waals surface area contributed by atoms with Crippen LogP contribution in [0.25, 0.3) is 0 Å². The van der Waals surface area contributed by atoms with Gasteiger partial charge in [-0.3, -0.25) is 9.69 Å². The Hall–Kier alpha value is -1.14. The van der Waals surface area contributed by atoms with Crippen molar-refractivity contribution >= 4 is 27.7 Å². The summed E-state index contributed by atoms with van der Waals surface area (Å²) < 4.78 is 0.813. The molecule has 2 heterocycles. The number of pyridine rings is 1. The van der Waals surface area contributed by atoms with Crippen LogP contribution in [0, 0.1) is 0 Å². The number of amides is 1. The molecule has 0 aromatic carbocycles. The van der Waals surface area contributed by atoms with E-state index in [1.807, 2.05) is 6.07 Å². The number of carbonyl (C=O) groups is 1. The fraction of sp³-hybridized carbons (Fsp3) is 0.571. The molecule has 1 saturated carbocycles. The molecule has 1 amide bonds. The van der Waals surface area contributed by atoms with Crippen molar-refractivity contribution in [2.45, 2.75) is 31.3 Å². The number of hydrogen-bond acceptors (Lipinski definition) is 4. The summed E-state index contributed by atoms with van der Waals surface area (Å²) in [4.78, 5) is 19.1. The van der Waals surface area contributed by atoms with Crippen LogP contribution in [0.4, 0.5) is 5.82 Å². The molecule has 1 aliphatic heterocycles. The van der Waals surface area contributed by atoms with Gasteiger partial charge in [0.1, 0.15) is 5.82 Å². The number of likely N-dealkylation sites (tertiary alicyclic amines) is 1. The minimum absolute atomic E-state index is 0.0502. The SMILES string of the molecule is CNc1ncc(Br)cc1C(=O)NC1CCN(C2CC2)C1. The number of halogens is 1. The zero-order valence-corrected chi connectivity index (χ0v) is 13.1. The molecule has 2 aliphatic rings. The first-order valence-electron chi connectivity index (χ1n) is 7.05. The molecular weight excluding hydrogens is 320 g/mol. The Morgan fingerprint density at radius 3 is 2.95 bits per heavy atom. The summed E-state index contributed by atoms with van der Waals surface area (Å²) in [5.74, 6) is 0.563. The Morgan fingerprint density at radius 1 is 1.45 bits per heavy atom. The highest BCUT2D eigenvalue weighted by molar-refractivity contribution is 9.10. The first-order chi connectivity index (χ1) is 9.67. The van der Waals surface area contributed by atoms with Crippen LogP contribution in [-0.2, 0) is 0 Å². The van der Waals surface area contributed by atoms with E-state index in [0.29, 0.717) is 11.4 Å². The molecule has 1 atom stereocenters. The van der Waals surface area contributed by atoms with Crippen molar-refractivity contribution in [1.82, 2.24) is 15.2 Å². The lowest BCUT2D eigenvalue weighted by Crippen LogP contribution is -2.37. The van der Waals surface area contributed by atoms with Crippen molar-refractivity contribution < 1.29 is 4.79 Å². The monoisotopic (exact) mass is 338 g/mol. The molecule has 1 saturated heterocycles. The largest absolute Gasteiger partial charge is 0.372 e. The zero-order chi connectivity index (χ0) is 14.1. The van der Waals surface area contributed by atoms with E-state index >= 15 is 0 Å². The molecule has 6 heteroatoms. The van der Waals surface area contributed by atoms with Crippen LogP contribution in [0.3, 0.4) is 0 Å². The van der Waals surface area contributed by atoms with Gasteiger partial charge in [0.2, 0.25) is 0 Å². The minimum atomic E-state index is -0.0502. The van der Waals surface area contributed by atoms with Gasteiger partial charge in [-0.05, 0) is 41.3 Å². The Labute approximate surface area is 127 Å².